The van der Waals surface area contributed by atoms with Gasteiger partial charge in [0, 0.05) is 36.3 Å². The van der Waals surface area contributed by atoms with Crippen molar-refractivity contribution in [2.45, 2.75) is 25.4 Å². The van der Waals surface area contributed by atoms with Gasteiger partial charge in [0.05, 0.1) is 6.10 Å². The first-order chi connectivity index (χ1) is 13.0. The molecule has 0 saturated carbocycles. The number of likely N-dealkylation sites (tertiary alicyclic amines) is 1. The largest absolute Gasteiger partial charge is 0.391 e. The van der Waals surface area contributed by atoms with E-state index in [1.807, 2.05) is 12.1 Å². The number of benzene rings is 2. The molecule has 1 fully saturated rings. The number of aromatic nitrogens is 1. The predicted octanol–water partition coefficient (Wildman–Crippen LogP) is 2.83. The highest BCUT2D eigenvalue weighted by molar-refractivity contribution is 5.94. The molecule has 2 heterocycles. The van der Waals surface area contributed by atoms with Crippen molar-refractivity contribution in [1.29, 1.82) is 0 Å². The molecule has 2 aromatic carbocycles. The minimum absolute atomic E-state index is 0.000400. The predicted molar refractivity (Wildman–Crippen MR) is 105 cm³/mol. The van der Waals surface area contributed by atoms with Crippen molar-refractivity contribution < 1.29 is 9.90 Å². The molecular weight excluding hydrogens is 340 g/mol. The van der Waals surface area contributed by atoms with Crippen LogP contribution in [0.2, 0.25) is 0 Å². The number of carbonyl (C=O) groups is 1. The summed E-state index contributed by atoms with van der Waals surface area (Å²) in [5, 5.41) is 13.0. The van der Waals surface area contributed by atoms with Crippen LogP contribution >= 0.6 is 0 Å². The summed E-state index contributed by atoms with van der Waals surface area (Å²) < 4.78 is 0. The van der Waals surface area contributed by atoms with Crippen LogP contribution in [0.5, 0.6) is 0 Å². The van der Waals surface area contributed by atoms with E-state index >= 15 is 0 Å². The summed E-state index contributed by atoms with van der Waals surface area (Å²) in [5.41, 5.74) is 1.83. The quantitative estimate of drug-likeness (QED) is 0.736. The number of nitrogens with zero attached hydrogens (tertiary/aromatic N) is 1. The number of pyridine rings is 1. The average molecular weight is 362 g/mol. The summed E-state index contributed by atoms with van der Waals surface area (Å²) in [5.74, 6) is -0.209. The zero-order valence-electron chi connectivity index (χ0n) is 15.2. The van der Waals surface area contributed by atoms with E-state index in [1.54, 1.807) is 17.9 Å². The highest BCUT2D eigenvalue weighted by Crippen LogP contribution is 2.31. The van der Waals surface area contributed by atoms with Gasteiger partial charge in [0.15, 0.2) is 0 Å². The van der Waals surface area contributed by atoms with Gasteiger partial charge < -0.3 is 15.0 Å². The Hall–Kier alpha value is -2.92. The lowest BCUT2D eigenvalue weighted by atomic mass is 9.86. The fraction of sp³-hybridized carbons (Fsp3) is 0.273. The van der Waals surface area contributed by atoms with E-state index in [0.29, 0.717) is 24.2 Å². The molecule has 0 radical (unpaired) electrons. The van der Waals surface area contributed by atoms with Gasteiger partial charge in [-0.05, 0) is 35.7 Å². The molecule has 3 aromatic rings. The molecule has 4 rings (SSSR count). The Morgan fingerprint density at radius 2 is 1.89 bits per heavy atom. The number of hydrogen-bond donors (Lipinski definition) is 2. The summed E-state index contributed by atoms with van der Waals surface area (Å²) in [6.07, 6.45) is 0.0555. The third-order valence-corrected chi connectivity index (χ3v) is 5.30. The minimum Gasteiger partial charge on any atom is -0.391 e. The molecule has 0 aliphatic carbocycles. The molecule has 0 spiro atoms. The Morgan fingerprint density at radius 3 is 2.63 bits per heavy atom. The molecule has 2 N–H and O–H groups in total. The standard InChI is InChI=1S/C22H22N2O3/c1-14-10-18(12-21(26)23-14)22(27)24-9-8-19(20(25)13-24)17-7-6-15-4-2-3-5-16(15)11-17/h2-7,10-12,19-20,25H,8-9,13H2,1H3,(H,23,26)/t19-,20+/m1/s1. The van der Waals surface area contributed by atoms with Crippen molar-refractivity contribution in [3.63, 3.8) is 0 Å². The zero-order valence-corrected chi connectivity index (χ0v) is 15.2. The normalized spacial score (nSPS) is 20.0. The highest BCUT2D eigenvalue weighted by atomic mass is 16.3. The van der Waals surface area contributed by atoms with E-state index in [0.717, 1.165) is 10.9 Å². The molecule has 1 saturated heterocycles. The maximum absolute atomic E-state index is 12.7. The number of amides is 1. The fourth-order valence-corrected chi connectivity index (χ4v) is 3.93. The van der Waals surface area contributed by atoms with Crippen LogP contribution in [0.4, 0.5) is 0 Å². The number of β-amino-alcohol motifs (C(OH)–C–C–N with tert-alkyl or cyclic N) is 1. The number of aliphatic hydroxyl groups is 1. The third kappa shape index (κ3) is 3.51. The number of aryl methyl sites for hydroxylation is 1. The molecule has 27 heavy (non-hydrogen) atoms. The average Bonchev–Trinajstić information content (AvgIpc) is 2.66. The molecule has 0 bridgehead atoms. The second kappa shape index (κ2) is 7.00. The fourth-order valence-electron chi connectivity index (χ4n) is 3.93. The van der Waals surface area contributed by atoms with Gasteiger partial charge in [-0.1, -0.05) is 42.5 Å². The first-order valence-electron chi connectivity index (χ1n) is 9.18. The van der Waals surface area contributed by atoms with Crippen molar-refractivity contribution in [2.24, 2.45) is 0 Å². The molecule has 1 aromatic heterocycles. The van der Waals surface area contributed by atoms with E-state index in [1.165, 1.54) is 11.5 Å². The van der Waals surface area contributed by atoms with Crippen LogP contribution < -0.4 is 5.56 Å². The summed E-state index contributed by atoms with van der Waals surface area (Å²) in [6, 6.07) is 17.4. The molecular formula is C22H22N2O3. The van der Waals surface area contributed by atoms with Crippen LogP contribution in [0.25, 0.3) is 10.8 Å². The number of aromatic amines is 1. The number of hydrogen-bond acceptors (Lipinski definition) is 3. The molecule has 2 atom stereocenters. The maximum atomic E-state index is 12.7. The second-order valence-corrected chi connectivity index (χ2v) is 7.24. The van der Waals surface area contributed by atoms with Crippen LogP contribution in [0.3, 0.4) is 0 Å². The molecule has 1 amide bonds. The van der Waals surface area contributed by atoms with Crippen molar-refractivity contribution in [3.05, 3.63) is 81.8 Å². The number of piperidine rings is 1. The van der Waals surface area contributed by atoms with E-state index in [4.69, 9.17) is 0 Å². The number of fused-ring (bicyclic) bond motifs is 1. The second-order valence-electron chi connectivity index (χ2n) is 7.24. The Bertz CT molecular complexity index is 1060. The summed E-state index contributed by atoms with van der Waals surface area (Å²) in [6.45, 7) is 2.57. The number of nitrogens with one attached hydrogen (secondary N) is 1. The van der Waals surface area contributed by atoms with Crippen LogP contribution in [-0.4, -0.2) is 40.1 Å². The van der Waals surface area contributed by atoms with Crippen LogP contribution in [0, 0.1) is 6.92 Å². The molecule has 5 heteroatoms. The molecule has 1 aliphatic heterocycles. The van der Waals surface area contributed by atoms with Crippen molar-refractivity contribution in [3.8, 4) is 0 Å². The molecule has 0 unspecified atom stereocenters. The maximum Gasteiger partial charge on any atom is 0.254 e. The van der Waals surface area contributed by atoms with Gasteiger partial charge in [-0.25, -0.2) is 0 Å². The van der Waals surface area contributed by atoms with E-state index in [2.05, 4.69) is 35.3 Å². The summed E-state index contributed by atoms with van der Waals surface area (Å²) in [7, 11) is 0. The van der Waals surface area contributed by atoms with E-state index in [-0.39, 0.29) is 23.9 Å². The van der Waals surface area contributed by atoms with Crippen molar-refractivity contribution >= 4 is 16.7 Å². The number of H-pyrrole nitrogens is 1. The number of aliphatic hydroxyl groups excluding tert-OH is 1. The Morgan fingerprint density at radius 1 is 1.11 bits per heavy atom. The van der Waals surface area contributed by atoms with Crippen LogP contribution in [-0.2, 0) is 0 Å². The van der Waals surface area contributed by atoms with Gasteiger partial charge in [0.2, 0.25) is 5.56 Å². The van der Waals surface area contributed by atoms with Crippen molar-refractivity contribution in [2.75, 3.05) is 13.1 Å². The monoisotopic (exact) mass is 362 g/mol. The van der Waals surface area contributed by atoms with Crippen LogP contribution in [0.15, 0.2) is 59.4 Å². The number of carbonyl (C=O) groups excluding carboxylic acids is 1. The molecule has 138 valence electrons. The Labute approximate surface area is 157 Å². The Balaban J connectivity index is 1.53. The van der Waals surface area contributed by atoms with Gasteiger partial charge in [-0.2, -0.15) is 0 Å². The van der Waals surface area contributed by atoms with Gasteiger partial charge in [-0.15, -0.1) is 0 Å². The summed E-state index contributed by atoms with van der Waals surface area (Å²) >= 11 is 0. The SMILES string of the molecule is Cc1cc(C(=O)N2CC[C@H](c3ccc4ccccc4c3)[C@@H](O)C2)cc(=O)[nH]1. The van der Waals surface area contributed by atoms with E-state index in [9.17, 15) is 14.7 Å². The highest BCUT2D eigenvalue weighted by Gasteiger charge is 2.31. The molecule has 1 aliphatic rings. The lowest BCUT2D eigenvalue weighted by molar-refractivity contribution is 0.0382. The van der Waals surface area contributed by atoms with E-state index < -0.39 is 6.10 Å². The van der Waals surface area contributed by atoms with Gasteiger partial charge in [-0.3, -0.25) is 9.59 Å². The lowest BCUT2D eigenvalue weighted by Gasteiger charge is -2.36. The Kier molecular flexibility index (Phi) is 4.54. The molecule has 5 nitrogen and oxygen atoms in total. The van der Waals surface area contributed by atoms with Gasteiger partial charge >= 0.3 is 0 Å². The summed E-state index contributed by atoms with van der Waals surface area (Å²) in [4.78, 5) is 28.6. The first kappa shape index (κ1) is 17.5. The lowest BCUT2D eigenvalue weighted by Crippen LogP contribution is -2.45. The number of rotatable bonds is 2. The topological polar surface area (TPSA) is 73.4 Å². The third-order valence-electron chi connectivity index (χ3n) is 5.30. The van der Waals surface area contributed by atoms with Gasteiger partial charge in [0.25, 0.3) is 5.91 Å². The van der Waals surface area contributed by atoms with Crippen LogP contribution in [0.1, 0.15) is 34.0 Å². The minimum atomic E-state index is -0.632. The van der Waals surface area contributed by atoms with Gasteiger partial charge in [0.1, 0.15) is 0 Å². The zero-order chi connectivity index (χ0) is 19.0. The van der Waals surface area contributed by atoms with Crippen molar-refractivity contribution in [1.82, 2.24) is 9.88 Å². The smallest absolute Gasteiger partial charge is 0.254 e. The first-order valence-corrected chi connectivity index (χ1v) is 9.18.